The van der Waals surface area contributed by atoms with E-state index in [1.807, 2.05) is 12.1 Å². The molecule has 2 aliphatic heterocycles. The lowest BCUT2D eigenvalue weighted by Crippen LogP contribution is -2.45. The van der Waals surface area contributed by atoms with Gasteiger partial charge in [0.1, 0.15) is 0 Å². The third-order valence-corrected chi connectivity index (χ3v) is 5.90. The summed E-state index contributed by atoms with van der Waals surface area (Å²) in [4.78, 5) is 19.7. The number of rotatable bonds is 7. The van der Waals surface area contributed by atoms with Crippen LogP contribution in [0.4, 0.5) is 0 Å². The molecule has 2 saturated heterocycles. The first kappa shape index (κ1) is 20.3. The van der Waals surface area contributed by atoms with E-state index in [4.69, 9.17) is 0 Å². The van der Waals surface area contributed by atoms with E-state index >= 15 is 0 Å². The van der Waals surface area contributed by atoms with Crippen LogP contribution in [-0.2, 0) is 6.54 Å². The molecule has 0 bridgehead atoms. The number of carbonyl (C=O) groups excluding carboxylic acids is 1. The minimum atomic E-state index is 0.0477. The van der Waals surface area contributed by atoms with Gasteiger partial charge in [-0.1, -0.05) is 19.1 Å². The Balaban J connectivity index is 1.36. The molecule has 0 saturated carbocycles. The molecular weight excluding hydrogens is 336 g/mol. The molecule has 5 nitrogen and oxygen atoms in total. The molecule has 2 aliphatic rings. The van der Waals surface area contributed by atoms with Crippen molar-refractivity contribution >= 4 is 5.91 Å². The van der Waals surface area contributed by atoms with Crippen LogP contribution >= 0.6 is 0 Å². The lowest BCUT2D eigenvalue weighted by molar-refractivity contribution is 0.0949. The molecule has 0 spiro atoms. The van der Waals surface area contributed by atoms with Gasteiger partial charge in [0.05, 0.1) is 0 Å². The third-order valence-electron chi connectivity index (χ3n) is 5.90. The highest BCUT2D eigenvalue weighted by Crippen LogP contribution is 2.18. The number of hydrogen-bond donors (Lipinski definition) is 1. The number of benzene rings is 1. The summed E-state index contributed by atoms with van der Waals surface area (Å²) in [6.45, 7) is 12.1. The van der Waals surface area contributed by atoms with E-state index in [9.17, 15) is 4.79 Å². The Morgan fingerprint density at radius 2 is 1.81 bits per heavy atom. The van der Waals surface area contributed by atoms with Gasteiger partial charge in [-0.3, -0.25) is 9.69 Å². The molecule has 150 valence electrons. The number of nitrogens with one attached hydrogen (secondary N) is 1. The fraction of sp³-hybridized carbons (Fsp3) is 0.682. The third kappa shape index (κ3) is 6.59. The molecule has 2 fully saturated rings. The fourth-order valence-electron chi connectivity index (χ4n) is 4.13. The Hall–Kier alpha value is -1.43. The summed E-state index contributed by atoms with van der Waals surface area (Å²) in [5.41, 5.74) is 2.07. The highest BCUT2D eigenvalue weighted by Gasteiger charge is 2.16. The minimum Gasteiger partial charge on any atom is -0.352 e. The molecule has 1 amide bonds. The van der Waals surface area contributed by atoms with E-state index in [0.717, 1.165) is 63.7 Å². The molecular formula is C22H36N4O. The van der Waals surface area contributed by atoms with E-state index in [-0.39, 0.29) is 5.91 Å². The van der Waals surface area contributed by atoms with Crippen molar-refractivity contribution in [3.8, 4) is 0 Å². The molecule has 1 N–H and O–H groups in total. The highest BCUT2D eigenvalue weighted by molar-refractivity contribution is 5.94. The summed E-state index contributed by atoms with van der Waals surface area (Å²) >= 11 is 0. The topological polar surface area (TPSA) is 38.8 Å². The van der Waals surface area contributed by atoms with Crippen LogP contribution in [0.5, 0.6) is 0 Å². The molecule has 27 heavy (non-hydrogen) atoms. The van der Waals surface area contributed by atoms with E-state index in [1.165, 1.54) is 31.5 Å². The first-order valence-electron chi connectivity index (χ1n) is 10.6. The van der Waals surface area contributed by atoms with Crippen LogP contribution in [0, 0.1) is 5.92 Å². The van der Waals surface area contributed by atoms with Crippen LogP contribution in [0.2, 0.25) is 0 Å². The summed E-state index contributed by atoms with van der Waals surface area (Å²) in [6, 6.07) is 8.16. The minimum absolute atomic E-state index is 0.0477. The number of likely N-dealkylation sites (tertiary alicyclic amines) is 1. The Bertz CT molecular complexity index is 580. The SMILES string of the molecule is C[C@@H]1CCCN(Cc2ccc(C(=O)NCCCN3CCN(C)CC3)cc2)C1. The zero-order valence-electron chi connectivity index (χ0n) is 17.1. The Morgan fingerprint density at radius 3 is 2.52 bits per heavy atom. The number of likely N-dealkylation sites (N-methyl/N-ethyl adjacent to an activating group) is 1. The molecule has 0 aliphatic carbocycles. The standard InChI is InChI=1S/C22H36N4O/c1-19-5-3-11-26(17-19)18-20-6-8-21(9-7-20)22(27)23-10-4-12-25-15-13-24(2)14-16-25/h6-9,19H,3-5,10-18H2,1-2H3,(H,23,27)/t19-/m1/s1. The molecule has 1 aromatic carbocycles. The molecule has 0 radical (unpaired) electrons. The van der Waals surface area contributed by atoms with Gasteiger partial charge in [-0.15, -0.1) is 0 Å². The van der Waals surface area contributed by atoms with Gasteiger partial charge in [0.2, 0.25) is 0 Å². The number of piperidine rings is 1. The summed E-state index contributed by atoms with van der Waals surface area (Å²) in [5, 5.41) is 3.07. The number of amides is 1. The van der Waals surface area contributed by atoms with Crippen molar-refractivity contribution in [1.29, 1.82) is 0 Å². The summed E-state index contributed by atoms with van der Waals surface area (Å²) in [7, 11) is 2.18. The Labute approximate surface area is 164 Å². The smallest absolute Gasteiger partial charge is 0.251 e. The fourth-order valence-corrected chi connectivity index (χ4v) is 4.13. The second-order valence-electron chi connectivity index (χ2n) is 8.43. The quantitative estimate of drug-likeness (QED) is 0.746. The largest absolute Gasteiger partial charge is 0.352 e. The van der Waals surface area contributed by atoms with Gasteiger partial charge in [0, 0.05) is 51.4 Å². The molecule has 1 aromatic rings. The van der Waals surface area contributed by atoms with Crippen LogP contribution in [0.25, 0.3) is 0 Å². The maximum absolute atomic E-state index is 12.3. The molecule has 2 heterocycles. The van der Waals surface area contributed by atoms with Crippen molar-refractivity contribution in [2.45, 2.75) is 32.7 Å². The van der Waals surface area contributed by atoms with Crippen molar-refractivity contribution in [2.24, 2.45) is 5.92 Å². The summed E-state index contributed by atoms with van der Waals surface area (Å²) in [5.74, 6) is 0.848. The van der Waals surface area contributed by atoms with Crippen LogP contribution < -0.4 is 5.32 Å². The average molecular weight is 373 g/mol. The lowest BCUT2D eigenvalue weighted by Gasteiger charge is -2.32. The van der Waals surface area contributed by atoms with Crippen LogP contribution in [-0.4, -0.2) is 80.0 Å². The zero-order valence-corrected chi connectivity index (χ0v) is 17.1. The Kier molecular flexibility index (Phi) is 7.68. The second kappa shape index (κ2) is 10.2. The van der Waals surface area contributed by atoms with E-state index < -0.39 is 0 Å². The molecule has 0 aromatic heterocycles. The predicted octanol–water partition coefficient (Wildman–Crippen LogP) is 2.29. The second-order valence-corrected chi connectivity index (χ2v) is 8.43. The average Bonchev–Trinajstić information content (AvgIpc) is 2.67. The van der Waals surface area contributed by atoms with Crippen molar-refractivity contribution < 1.29 is 4.79 Å². The molecule has 5 heteroatoms. The summed E-state index contributed by atoms with van der Waals surface area (Å²) in [6.07, 6.45) is 3.67. The monoisotopic (exact) mass is 372 g/mol. The van der Waals surface area contributed by atoms with Gasteiger partial charge in [0.25, 0.3) is 5.91 Å². The van der Waals surface area contributed by atoms with Crippen molar-refractivity contribution in [1.82, 2.24) is 20.0 Å². The predicted molar refractivity (Wildman–Crippen MR) is 111 cm³/mol. The molecule has 3 rings (SSSR count). The van der Waals surface area contributed by atoms with Crippen molar-refractivity contribution in [3.05, 3.63) is 35.4 Å². The van der Waals surface area contributed by atoms with Gasteiger partial charge in [-0.2, -0.15) is 0 Å². The normalized spacial score (nSPS) is 22.7. The van der Waals surface area contributed by atoms with Gasteiger partial charge in [0.15, 0.2) is 0 Å². The number of hydrogen-bond acceptors (Lipinski definition) is 4. The van der Waals surface area contributed by atoms with Crippen molar-refractivity contribution in [2.75, 3.05) is 59.4 Å². The molecule has 0 unspecified atom stereocenters. The van der Waals surface area contributed by atoms with Crippen molar-refractivity contribution in [3.63, 3.8) is 0 Å². The first-order chi connectivity index (χ1) is 13.1. The van der Waals surface area contributed by atoms with Gasteiger partial charge in [-0.05, 0) is 63.0 Å². The zero-order chi connectivity index (χ0) is 19.1. The molecule has 1 atom stereocenters. The number of piperazine rings is 1. The van der Waals surface area contributed by atoms with Crippen LogP contribution in [0.3, 0.4) is 0 Å². The van der Waals surface area contributed by atoms with Gasteiger partial charge >= 0.3 is 0 Å². The maximum atomic E-state index is 12.3. The van der Waals surface area contributed by atoms with Gasteiger partial charge in [-0.25, -0.2) is 0 Å². The van der Waals surface area contributed by atoms with E-state index in [1.54, 1.807) is 0 Å². The number of nitrogens with zero attached hydrogens (tertiary/aromatic N) is 3. The highest BCUT2D eigenvalue weighted by atomic mass is 16.1. The first-order valence-corrected chi connectivity index (χ1v) is 10.6. The maximum Gasteiger partial charge on any atom is 0.251 e. The summed E-state index contributed by atoms with van der Waals surface area (Å²) < 4.78 is 0. The van der Waals surface area contributed by atoms with Gasteiger partial charge < -0.3 is 15.1 Å². The number of carbonyl (C=O) groups is 1. The van der Waals surface area contributed by atoms with Crippen LogP contribution in [0.15, 0.2) is 24.3 Å². The van der Waals surface area contributed by atoms with Crippen LogP contribution in [0.1, 0.15) is 42.1 Å². The van der Waals surface area contributed by atoms with E-state index in [0.29, 0.717) is 0 Å². The Morgan fingerprint density at radius 1 is 1.07 bits per heavy atom. The van der Waals surface area contributed by atoms with E-state index in [2.05, 4.69) is 46.1 Å². The lowest BCUT2D eigenvalue weighted by atomic mass is 9.99.